The molecule has 2 aromatic rings. The van der Waals surface area contributed by atoms with Gasteiger partial charge >= 0.3 is 0 Å². The summed E-state index contributed by atoms with van der Waals surface area (Å²) in [5.41, 5.74) is 1.86. The summed E-state index contributed by atoms with van der Waals surface area (Å²) in [5.74, 6) is -0.476. The third kappa shape index (κ3) is 6.60. The summed E-state index contributed by atoms with van der Waals surface area (Å²) in [6.45, 7) is 3.44. The van der Waals surface area contributed by atoms with Gasteiger partial charge in [-0.2, -0.15) is 0 Å². The number of ether oxygens (including phenoxy) is 1. The fourth-order valence-electron chi connectivity index (χ4n) is 5.25. The van der Waals surface area contributed by atoms with E-state index in [0.29, 0.717) is 42.7 Å². The van der Waals surface area contributed by atoms with Gasteiger partial charge in [0.25, 0.3) is 0 Å². The zero-order valence-corrected chi connectivity index (χ0v) is 19.9. The van der Waals surface area contributed by atoms with E-state index in [-0.39, 0.29) is 30.2 Å². The average molecular weight is 472 g/mol. The molecule has 5 nitrogen and oxygen atoms in total. The lowest BCUT2D eigenvalue weighted by atomic mass is 9.75. The van der Waals surface area contributed by atoms with Gasteiger partial charge in [-0.05, 0) is 62.1 Å². The van der Waals surface area contributed by atoms with Crippen LogP contribution < -0.4 is 10.6 Å². The fraction of sp³-hybridized carbons (Fsp3) is 0.556. The third-order valence-corrected chi connectivity index (χ3v) is 7.19. The van der Waals surface area contributed by atoms with Crippen LogP contribution in [0.25, 0.3) is 0 Å². The molecule has 34 heavy (non-hydrogen) atoms. The van der Waals surface area contributed by atoms with Gasteiger partial charge in [-0.1, -0.05) is 31.4 Å². The molecule has 1 amide bonds. The number of hydrogen-bond acceptors (Lipinski definition) is 4. The van der Waals surface area contributed by atoms with Gasteiger partial charge in [0.1, 0.15) is 11.6 Å². The van der Waals surface area contributed by atoms with Crippen molar-refractivity contribution in [3.8, 4) is 0 Å². The first-order valence-corrected chi connectivity index (χ1v) is 12.5. The maximum absolute atomic E-state index is 14.7. The van der Waals surface area contributed by atoms with Gasteiger partial charge in [0.2, 0.25) is 5.91 Å². The minimum atomic E-state index is -0.419. The highest BCUT2D eigenvalue weighted by Gasteiger charge is 2.28. The highest BCUT2D eigenvalue weighted by atomic mass is 19.1. The van der Waals surface area contributed by atoms with Gasteiger partial charge in [-0.3, -0.25) is 9.78 Å². The average Bonchev–Trinajstić information content (AvgIpc) is 2.84. The quantitative estimate of drug-likeness (QED) is 0.544. The molecule has 1 saturated heterocycles. The van der Waals surface area contributed by atoms with E-state index in [1.54, 1.807) is 12.1 Å². The topological polar surface area (TPSA) is 63.2 Å². The van der Waals surface area contributed by atoms with Gasteiger partial charge in [-0.15, -0.1) is 0 Å². The molecule has 1 saturated carbocycles. The Morgan fingerprint density at radius 3 is 2.65 bits per heavy atom. The number of hydrogen-bond donors (Lipinski definition) is 2. The van der Waals surface area contributed by atoms with E-state index in [1.807, 2.05) is 0 Å². The molecule has 2 heterocycles. The Morgan fingerprint density at radius 2 is 1.94 bits per heavy atom. The number of halogens is 2. The van der Waals surface area contributed by atoms with Crippen molar-refractivity contribution >= 4 is 11.6 Å². The van der Waals surface area contributed by atoms with Crippen LogP contribution in [-0.2, 0) is 16.0 Å². The number of amides is 1. The number of anilines is 1. The Balaban J connectivity index is 1.44. The number of pyridine rings is 1. The number of carbonyl (C=O) groups is 1. The van der Waals surface area contributed by atoms with E-state index >= 15 is 0 Å². The standard InChI is InChI=1S/C27H35F2N3O2/c1-18-17-34-22(14-31-18)11-12-23-25(29)15-30-16-26(23)32-27(33)13-24(19-5-3-2-4-6-19)20-7-9-21(28)10-8-20/h7-10,15-16,18-19,22,24,31H,2-6,11-14,17H2,1H3,(H,32,33)/t18-,22+,24+/m0/s1. The normalized spacial score (nSPS) is 22.3. The Bertz CT molecular complexity index is 939. The molecule has 0 bridgehead atoms. The van der Waals surface area contributed by atoms with Crippen molar-refractivity contribution in [1.29, 1.82) is 0 Å². The van der Waals surface area contributed by atoms with Gasteiger partial charge in [-0.25, -0.2) is 8.78 Å². The molecule has 3 atom stereocenters. The van der Waals surface area contributed by atoms with Gasteiger partial charge in [0.05, 0.1) is 30.8 Å². The second-order valence-corrected chi connectivity index (χ2v) is 9.76. The summed E-state index contributed by atoms with van der Waals surface area (Å²) in [7, 11) is 0. The number of aromatic nitrogens is 1. The number of nitrogens with one attached hydrogen (secondary N) is 2. The molecule has 2 fully saturated rings. The maximum Gasteiger partial charge on any atom is 0.225 e. The SMILES string of the molecule is C[C@H]1CO[C@H](CCc2c(F)cncc2NC(=O)C[C@@H](c2ccc(F)cc2)C2CCCCC2)CN1. The van der Waals surface area contributed by atoms with Crippen molar-refractivity contribution in [2.45, 2.75) is 76.4 Å². The Morgan fingerprint density at radius 1 is 1.18 bits per heavy atom. The van der Waals surface area contributed by atoms with Crippen molar-refractivity contribution in [1.82, 2.24) is 10.3 Å². The number of rotatable bonds is 8. The van der Waals surface area contributed by atoms with Crippen molar-refractivity contribution in [3.63, 3.8) is 0 Å². The van der Waals surface area contributed by atoms with Gasteiger partial charge in [0, 0.05) is 24.6 Å². The highest BCUT2D eigenvalue weighted by Crippen LogP contribution is 2.38. The predicted molar refractivity (Wildman–Crippen MR) is 129 cm³/mol. The van der Waals surface area contributed by atoms with Crippen LogP contribution >= 0.6 is 0 Å². The molecule has 1 aliphatic carbocycles. The monoisotopic (exact) mass is 471 g/mol. The molecule has 1 aliphatic heterocycles. The third-order valence-electron chi connectivity index (χ3n) is 7.19. The van der Waals surface area contributed by atoms with E-state index in [2.05, 4.69) is 22.5 Å². The summed E-state index contributed by atoms with van der Waals surface area (Å²) >= 11 is 0. The molecule has 0 radical (unpaired) electrons. The molecule has 4 rings (SSSR count). The van der Waals surface area contributed by atoms with E-state index < -0.39 is 5.82 Å². The zero-order valence-electron chi connectivity index (χ0n) is 19.9. The zero-order chi connectivity index (χ0) is 23.9. The lowest BCUT2D eigenvalue weighted by Gasteiger charge is -2.30. The van der Waals surface area contributed by atoms with Crippen molar-refractivity contribution in [2.24, 2.45) is 5.92 Å². The molecule has 184 valence electrons. The first kappa shape index (κ1) is 24.7. The molecule has 2 aliphatic rings. The smallest absolute Gasteiger partial charge is 0.225 e. The molecular weight excluding hydrogens is 436 g/mol. The Labute approximate surface area is 200 Å². The van der Waals surface area contributed by atoms with E-state index in [9.17, 15) is 13.6 Å². The van der Waals surface area contributed by atoms with Gasteiger partial charge in [0.15, 0.2) is 0 Å². The van der Waals surface area contributed by atoms with Crippen LogP contribution in [-0.4, -0.2) is 36.2 Å². The van der Waals surface area contributed by atoms with E-state index in [0.717, 1.165) is 37.8 Å². The molecule has 1 aromatic heterocycles. The lowest BCUT2D eigenvalue weighted by molar-refractivity contribution is -0.116. The summed E-state index contributed by atoms with van der Waals surface area (Å²) in [6.07, 6.45) is 9.77. The number of nitrogens with zero attached hydrogens (tertiary/aromatic N) is 1. The summed E-state index contributed by atoms with van der Waals surface area (Å²) in [4.78, 5) is 17.1. The second-order valence-electron chi connectivity index (χ2n) is 9.76. The molecule has 0 spiro atoms. The van der Waals surface area contributed by atoms with Crippen LogP contribution in [0.3, 0.4) is 0 Å². The van der Waals surface area contributed by atoms with Crippen LogP contribution in [0.1, 0.15) is 68.9 Å². The molecule has 7 heteroatoms. The maximum atomic E-state index is 14.7. The number of benzene rings is 1. The highest BCUT2D eigenvalue weighted by molar-refractivity contribution is 5.91. The molecular formula is C27H35F2N3O2. The number of carbonyl (C=O) groups excluding carboxylic acids is 1. The van der Waals surface area contributed by atoms with Crippen LogP contribution in [0.2, 0.25) is 0 Å². The van der Waals surface area contributed by atoms with Crippen molar-refractivity contribution in [2.75, 3.05) is 18.5 Å². The molecule has 0 unspecified atom stereocenters. The second kappa shape index (κ2) is 11.8. The lowest BCUT2D eigenvalue weighted by Crippen LogP contribution is -2.44. The van der Waals surface area contributed by atoms with Crippen LogP contribution in [0.5, 0.6) is 0 Å². The van der Waals surface area contributed by atoms with Crippen LogP contribution in [0.4, 0.5) is 14.5 Å². The Hall–Kier alpha value is -2.38. The molecule has 2 N–H and O–H groups in total. The fourth-order valence-corrected chi connectivity index (χ4v) is 5.25. The minimum absolute atomic E-state index is 0.00886. The first-order chi connectivity index (χ1) is 16.5. The van der Waals surface area contributed by atoms with Crippen LogP contribution in [0.15, 0.2) is 36.7 Å². The van der Waals surface area contributed by atoms with Crippen LogP contribution in [0, 0.1) is 17.6 Å². The number of morpholine rings is 1. The first-order valence-electron chi connectivity index (χ1n) is 12.5. The summed E-state index contributed by atoms with van der Waals surface area (Å²) < 4.78 is 34.0. The van der Waals surface area contributed by atoms with E-state index in [1.165, 1.54) is 30.9 Å². The van der Waals surface area contributed by atoms with E-state index in [4.69, 9.17) is 4.74 Å². The summed E-state index contributed by atoms with van der Waals surface area (Å²) in [6, 6.07) is 6.81. The molecule has 1 aromatic carbocycles. The largest absolute Gasteiger partial charge is 0.375 e. The van der Waals surface area contributed by atoms with Crippen molar-refractivity contribution in [3.05, 3.63) is 59.4 Å². The minimum Gasteiger partial charge on any atom is -0.375 e. The predicted octanol–water partition coefficient (Wildman–Crippen LogP) is 5.36. The van der Waals surface area contributed by atoms with Gasteiger partial charge < -0.3 is 15.4 Å². The van der Waals surface area contributed by atoms with Crippen molar-refractivity contribution < 1.29 is 18.3 Å². The summed E-state index contributed by atoms with van der Waals surface area (Å²) in [5, 5.41) is 6.30. The Kier molecular flexibility index (Phi) is 8.62.